The Labute approximate surface area is 113 Å². The van der Waals surface area contributed by atoms with Crippen LogP contribution in [-0.4, -0.2) is 30.1 Å². The van der Waals surface area contributed by atoms with Crippen LogP contribution < -0.4 is 10.6 Å². The van der Waals surface area contributed by atoms with Crippen LogP contribution in [0.3, 0.4) is 0 Å². The number of hydrogen-bond acceptors (Lipinski definition) is 3. The Morgan fingerprint density at radius 3 is 2.37 bits per heavy atom. The number of benzene rings is 1. The van der Waals surface area contributed by atoms with E-state index in [1.54, 1.807) is 0 Å². The first kappa shape index (κ1) is 15.2. The van der Waals surface area contributed by atoms with E-state index in [1.807, 2.05) is 24.3 Å². The first-order valence-corrected chi connectivity index (χ1v) is 6.30. The predicted octanol–water partition coefficient (Wildman–Crippen LogP) is 0.535. The van der Waals surface area contributed by atoms with Gasteiger partial charge in [-0.2, -0.15) is 0 Å². The number of aryl methyl sites for hydroxylation is 1. The molecular formula is C14H20N2O3. The fraction of sp³-hybridized carbons (Fsp3) is 0.429. The topological polar surface area (TPSA) is 78.4 Å². The second-order valence-corrected chi connectivity index (χ2v) is 4.31. The van der Waals surface area contributed by atoms with E-state index in [0.717, 1.165) is 12.0 Å². The van der Waals surface area contributed by atoms with E-state index in [1.165, 1.54) is 12.5 Å². The molecule has 0 aliphatic carbocycles. The van der Waals surface area contributed by atoms with Crippen molar-refractivity contribution in [3.63, 3.8) is 0 Å². The Morgan fingerprint density at radius 1 is 1.26 bits per heavy atom. The van der Waals surface area contributed by atoms with Gasteiger partial charge < -0.3 is 15.7 Å². The van der Waals surface area contributed by atoms with Gasteiger partial charge in [-0.15, -0.1) is 0 Å². The first-order chi connectivity index (χ1) is 9.06. The van der Waals surface area contributed by atoms with Gasteiger partial charge >= 0.3 is 0 Å². The molecule has 1 unspecified atom stereocenters. The average molecular weight is 264 g/mol. The minimum atomic E-state index is -0.452. The summed E-state index contributed by atoms with van der Waals surface area (Å²) in [5.74, 6) is -0.586. The molecule has 0 aromatic heterocycles. The molecule has 2 amide bonds. The molecule has 3 N–H and O–H groups in total. The highest BCUT2D eigenvalue weighted by Gasteiger charge is 2.13. The summed E-state index contributed by atoms with van der Waals surface area (Å²) in [7, 11) is 0. The molecule has 0 fully saturated rings. The summed E-state index contributed by atoms with van der Waals surface area (Å²) in [6.07, 6.45) is 0.943. The van der Waals surface area contributed by atoms with Crippen molar-refractivity contribution in [3.05, 3.63) is 35.4 Å². The second kappa shape index (κ2) is 7.53. The van der Waals surface area contributed by atoms with E-state index in [2.05, 4.69) is 17.6 Å². The molecule has 5 nitrogen and oxygen atoms in total. The van der Waals surface area contributed by atoms with Crippen molar-refractivity contribution in [3.8, 4) is 0 Å². The van der Waals surface area contributed by atoms with Crippen LogP contribution in [0.25, 0.3) is 0 Å². The molecule has 0 radical (unpaired) electrons. The van der Waals surface area contributed by atoms with Crippen LogP contribution in [0.1, 0.15) is 31.0 Å². The van der Waals surface area contributed by atoms with Crippen LogP contribution in [0.4, 0.5) is 0 Å². The standard InChI is InChI=1S/C14H20N2O3/c1-3-11-4-6-12(7-5-11)13(9-17)16-14(19)8-15-10(2)18/h4-7,13,17H,3,8-9H2,1-2H3,(H,15,18)(H,16,19). The maximum atomic E-state index is 11.6. The molecular weight excluding hydrogens is 244 g/mol. The SMILES string of the molecule is CCc1ccc(C(CO)NC(=O)CNC(C)=O)cc1. The third-order valence-corrected chi connectivity index (χ3v) is 2.81. The van der Waals surface area contributed by atoms with Crippen molar-refractivity contribution >= 4 is 11.8 Å². The number of hydrogen-bond donors (Lipinski definition) is 3. The van der Waals surface area contributed by atoms with Gasteiger partial charge in [0.15, 0.2) is 0 Å². The van der Waals surface area contributed by atoms with E-state index in [4.69, 9.17) is 0 Å². The fourth-order valence-corrected chi connectivity index (χ4v) is 1.67. The van der Waals surface area contributed by atoms with Crippen LogP contribution in [0.5, 0.6) is 0 Å². The minimum absolute atomic E-state index is 0.0844. The summed E-state index contributed by atoms with van der Waals surface area (Å²) in [5.41, 5.74) is 2.04. The largest absolute Gasteiger partial charge is 0.394 e. The molecule has 104 valence electrons. The Kier molecular flexibility index (Phi) is 6.02. The second-order valence-electron chi connectivity index (χ2n) is 4.31. The molecule has 0 aliphatic rings. The van der Waals surface area contributed by atoms with Gasteiger partial charge in [-0.05, 0) is 17.5 Å². The van der Waals surface area contributed by atoms with Crippen LogP contribution in [0.2, 0.25) is 0 Å². The Balaban J connectivity index is 2.61. The van der Waals surface area contributed by atoms with Gasteiger partial charge in [-0.1, -0.05) is 31.2 Å². The maximum Gasteiger partial charge on any atom is 0.239 e. The molecule has 1 atom stereocenters. The lowest BCUT2D eigenvalue weighted by Crippen LogP contribution is -2.38. The monoisotopic (exact) mass is 264 g/mol. The Hall–Kier alpha value is -1.88. The molecule has 19 heavy (non-hydrogen) atoms. The zero-order valence-electron chi connectivity index (χ0n) is 11.3. The Morgan fingerprint density at radius 2 is 1.89 bits per heavy atom. The van der Waals surface area contributed by atoms with Crippen molar-refractivity contribution in [1.82, 2.24) is 10.6 Å². The number of carbonyl (C=O) groups is 2. The lowest BCUT2D eigenvalue weighted by Gasteiger charge is -2.17. The number of amides is 2. The molecule has 5 heteroatoms. The molecule has 0 heterocycles. The fourth-order valence-electron chi connectivity index (χ4n) is 1.67. The zero-order valence-corrected chi connectivity index (χ0v) is 11.3. The van der Waals surface area contributed by atoms with Gasteiger partial charge in [0.2, 0.25) is 11.8 Å². The molecule has 0 spiro atoms. The number of carbonyl (C=O) groups excluding carboxylic acids is 2. The Bertz CT molecular complexity index is 429. The number of aliphatic hydroxyl groups is 1. The van der Waals surface area contributed by atoms with Crippen molar-refractivity contribution < 1.29 is 14.7 Å². The smallest absolute Gasteiger partial charge is 0.239 e. The lowest BCUT2D eigenvalue weighted by atomic mass is 10.0. The highest BCUT2D eigenvalue weighted by molar-refractivity contribution is 5.83. The van der Waals surface area contributed by atoms with Crippen LogP contribution >= 0.6 is 0 Å². The van der Waals surface area contributed by atoms with Crippen molar-refractivity contribution in [1.29, 1.82) is 0 Å². The third-order valence-electron chi connectivity index (χ3n) is 2.81. The van der Waals surface area contributed by atoms with Gasteiger partial charge in [-0.25, -0.2) is 0 Å². The molecule has 1 aromatic carbocycles. The van der Waals surface area contributed by atoms with Gasteiger partial charge in [-0.3, -0.25) is 9.59 Å². The predicted molar refractivity (Wildman–Crippen MR) is 72.5 cm³/mol. The van der Waals surface area contributed by atoms with Crippen molar-refractivity contribution in [2.24, 2.45) is 0 Å². The zero-order chi connectivity index (χ0) is 14.3. The minimum Gasteiger partial charge on any atom is -0.394 e. The quantitative estimate of drug-likeness (QED) is 0.701. The molecule has 1 rings (SSSR count). The summed E-state index contributed by atoms with van der Waals surface area (Å²) in [5, 5.41) is 14.4. The number of rotatable bonds is 6. The van der Waals surface area contributed by atoms with Gasteiger partial charge in [0.1, 0.15) is 0 Å². The highest BCUT2D eigenvalue weighted by Crippen LogP contribution is 2.13. The van der Waals surface area contributed by atoms with Crippen LogP contribution in [0, 0.1) is 0 Å². The third kappa shape index (κ3) is 5.09. The molecule has 0 saturated heterocycles. The summed E-state index contributed by atoms with van der Waals surface area (Å²) in [6.45, 7) is 3.14. The normalized spacial score (nSPS) is 11.7. The summed E-state index contributed by atoms with van der Waals surface area (Å²) < 4.78 is 0. The van der Waals surface area contributed by atoms with Crippen LogP contribution in [0.15, 0.2) is 24.3 Å². The van der Waals surface area contributed by atoms with E-state index < -0.39 is 6.04 Å². The summed E-state index contributed by atoms with van der Waals surface area (Å²) >= 11 is 0. The number of nitrogens with one attached hydrogen (secondary N) is 2. The highest BCUT2D eigenvalue weighted by atomic mass is 16.3. The first-order valence-electron chi connectivity index (χ1n) is 6.30. The van der Waals surface area contributed by atoms with Gasteiger partial charge in [0.25, 0.3) is 0 Å². The molecule has 0 bridgehead atoms. The molecule has 1 aromatic rings. The van der Waals surface area contributed by atoms with E-state index in [9.17, 15) is 14.7 Å². The summed E-state index contributed by atoms with van der Waals surface area (Å²) in [6, 6.07) is 7.26. The van der Waals surface area contributed by atoms with E-state index >= 15 is 0 Å². The molecule has 0 aliphatic heterocycles. The van der Waals surface area contributed by atoms with Gasteiger partial charge in [0, 0.05) is 6.92 Å². The van der Waals surface area contributed by atoms with E-state index in [0.29, 0.717) is 0 Å². The maximum absolute atomic E-state index is 11.6. The van der Waals surface area contributed by atoms with E-state index in [-0.39, 0.29) is 25.0 Å². The lowest BCUT2D eigenvalue weighted by molar-refractivity contribution is -0.125. The van der Waals surface area contributed by atoms with Crippen molar-refractivity contribution in [2.75, 3.05) is 13.2 Å². The van der Waals surface area contributed by atoms with Gasteiger partial charge in [0.05, 0.1) is 19.2 Å². The molecule has 0 saturated carbocycles. The summed E-state index contributed by atoms with van der Waals surface area (Å²) in [4.78, 5) is 22.3. The number of aliphatic hydroxyl groups excluding tert-OH is 1. The van der Waals surface area contributed by atoms with Crippen molar-refractivity contribution in [2.45, 2.75) is 26.3 Å². The van der Waals surface area contributed by atoms with Crippen LogP contribution in [-0.2, 0) is 16.0 Å². The average Bonchev–Trinajstić information content (AvgIpc) is 2.42.